The van der Waals surface area contributed by atoms with Gasteiger partial charge in [-0.2, -0.15) is 0 Å². The van der Waals surface area contributed by atoms with Crippen molar-refractivity contribution in [3.63, 3.8) is 0 Å². The minimum atomic E-state index is -0.756. The number of ether oxygens (including phenoxy) is 2. The Morgan fingerprint density at radius 2 is 1.86 bits per heavy atom. The van der Waals surface area contributed by atoms with Crippen LogP contribution in [0.15, 0.2) is 48.5 Å². The van der Waals surface area contributed by atoms with Crippen LogP contribution in [0.25, 0.3) is 0 Å². The van der Waals surface area contributed by atoms with Gasteiger partial charge in [-0.3, -0.25) is 14.4 Å². The maximum Gasteiger partial charge on any atom is 0.246 e. The third kappa shape index (κ3) is 4.01. The van der Waals surface area contributed by atoms with Crippen LogP contribution in [0.4, 0.5) is 11.4 Å². The standard InChI is InChI=1S/C21H21N3O5/c1-13(20(26)23-15-7-8-17-18(10-15)29-12-28-17)22-21(27)14-9-19(25)24(11-14)16-5-3-2-4-6-16/h2-8,10,13-14H,9,11-12H2,1H3,(H,22,27)(H,23,26)/t13-,14+/m0/s1. The highest BCUT2D eigenvalue weighted by Gasteiger charge is 2.36. The van der Waals surface area contributed by atoms with E-state index < -0.39 is 12.0 Å². The monoisotopic (exact) mass is 395 g/mol. The summed E-state index contributed by atoms with van der Waals surface area (Å²) in [5, 5.41) is 5.45. The van der Waals surface area contributed by atoms with Gasteiger partial charge in [0.1, 0.15) is 6.04 Å². The average molecular weight is 395 g/mol. The molecule has 2 aromatic carbocycles. The predicted octanol–water partition coefficient (Wildman–Crippen LogP) is 1.91. The number of benzene rings is 2. The van der Waals surface area contributed by atoms with E-state index in [1.54, 1.807) is 30.0 Å². The Bertz CT molecular complexity index is 947. The molecule has 0 spiro atoms. The summed E-state index contributed by atoms with van der Waals surface area (Å²) in [7, 11) is 0. The van der Waals surface area contributed by atoms with E-state index in [4.69, 9.17) is 9.47 Å². The van der Waals surface area contributed by atoms with Gasteiger partial charge in [-0.1, -0.05) is 18.2 Å². The zero-order valence-electron chi connectivity index (χ0n) is 15.9. The number of nitrogens with zero attached hydrogens (tertiary/aromatic N) is 1. The molecule has 8 heteroatoms. The summed E-state index contributed by atoms with van der Waals surface area (Å²) >= 11 is 0. The number of hydrogen-bond donors (Lipinski definition) is 2. The van der Waals surface area contributed by atoms with Crippen molar-refractivity contribution in [2.45, 2.75) is 19.4 Å². The summed E-state index contributed by atoms with van der Waals surface area (Å²) in [4.78, 5) is 38.9. The van der Waals surface area contributed by atoms with E-state index in [1.807, 2.05) is 30.3 Å². The van der Waals surface area contributed by atoms with Crippen LogP contribution in [0.5, 0.6) is 11.5 Å². The van der Waals surface area contributed by atoms with Crippen LogP contribution in [-0.4, -0.2) is 37.1 Å². The van der Waals surface area contributed by atoms with Gasteiger partial charge in [0.2, 0.25) is 24.5 Å². The lowest BCUT2D eigenvalue weighted by atomic mass is 10.1. The summed E-state index contributed by atoms with van der Waals surface area (Å²) in [6.45, 7) is 2.05. The van der Waals surface area contributed by atoms with Crippen molar-refractivity contribution >= 4 is 29.1 Å². The highest BCUT2D eigenvalue weighted by Crippen LogP contribution is 2.34. The average Bonchev–Trinajstić information content (AvgIpc) is 3.34. The molecule has 2 atom stereocenters. The maximum atomic E-state index is 12.6. The molecule has 0 saturated carbocycles. The molecule has 2 aliphatic heterocycles. The number of amides is 3. The molecule has 2 aromatic rings. The first-order chi connectivity index (χ1) is 14.0. The minimum Gasteiger partial charge on any atom is -0.454 e. The van der Waals surface area contributed by atoms with Crippen molar-refractivity contribution in [3.8, 4) is 11.5 Å². The van der Waals surface area contributed by atoms with Gasteiger partial charge in [0.05, 0.1) is 5.92 Å². The first kappa shape index (κ1) is 18.8. The zero-order valence-corrected chi connectivity index (χ0v) is 15.9. The van der Waals surface area contributed by atoms with Gasteiger partial charge in [-0.25, -0.2) is 0 Å². The highest BCUT2D eigenvalue weighted by atomic mass is 16.7. The van der Waals surface area contributed by atoms with Gasteiger partial charge in [0.25, 0.3) is 0 Å². The summed E-state index contributed by atoms with van der Waals surface area (Å²) in [6, 6.07) is 13.6. The SMILES string of the molecule is C[C@H](NC(=O)[C@@H]1CC(=O)N(c2ccccc2)C1)C(=O)Nc1ccc2c(c1)OCO2. The zero-order chi connectivity index (χ0) is 20.4. The molecule has 0 unspecified atom stereocenters. The van der Waals surface area contributed by atoms with Gasteiger partial charge in [-0.05, 0) is 31.2 Å². The van der Waals surface area contributed by atoms with E-state index >= 15 is 0 Å². The summed E-state index contributed by atoms with van der Waals surface area (Å²) in [5.74, 6) is -0.0907. The molecule has 0 radical (unpaired) electrons. The molecule has 29 heavy (non-hydrogen) atoms. The summed E-state index contributed by atoms with van der Waals surface area (Å²) in [5.41, 5.74) is 1.31. The number of rotatable bonds is 5. The number of para-hydroxylation sites is 1. The Morgan fingerprint density at radius 1 is 1.10 bits per heavy atom. The van der Waals surface area contributed by atoms with Gasteiger partial charge in [0.15, 0.2) is 11.5 Å². The van der Waals surface area contributed by atoms with Crippen LogP contribution in [0.3, 0.4) is 0 Å². The second kappa shape index (κ2) is 7.83. The lowest BCUT2D eigenvalue weighted by Gasteiger charge is -2.18. The minimum absolute atomic E-state index is 0.103. The molecule has 8 nitrogen and oxygen atoms in total. The number of carbonyl (C=O) groups is 3. The quantitative estimate of drug-likeness (QED) is 0.806. The number of anilines is 2. The number of fused-ring (bicyclic) bond motifs is 1. The molecule has 0 aromatic heterocycles. The van der Waals surface area contributed by atoms with Crippen molar-refractivity contribution in [2.75, 3.05) is 23.6 Å². The van der Waals surface area contributed by atoms with Crippen LogP contribution < -0.4 is 25.0 Å². The van der Waals surface area contributed by atoms with E-state index in [0.717, 1.165) is 5.69 Å². The van der Waals surface area contributed by atoms with Gasteiger partial charge in [0, 0.05) is 30.4 Å². The van der Waals surface area contributed by atoms with Crippen LogP contribution in [0.1, 0.15) is 13.3 Å². The normalized spacial score (nSPS) is 18.4. The third-order valence-corrected chi connectivity index (χ3v) is 4.96. The molecule has 2 N–H and O–H groups in total. The summed E-state index contributed by atoms with van der Waals surface area (Å²) < 4.78 is 10.5. The lowest BCUT2D eigenvalue weighted by Crippen LogP contribution is -2.44. The fraction of sp³-hybridized carbons (Fsp3) is 0.286. The molecule has 0 aliphatic carbocycles. The van der Waals surface area contributed by atoms with Gasteiger partial charge in [-0.15, -0.1) is 0 Å². The highest BCUT2D eigenvalue weighted by molar-refractivity contribution is 6.02. The number of nitrogens with one attached hydrogen (secondary N) is 2. The largest absolute Gasteiger partial charge is 0.454 e. The molecule has 4 rings (SSSR count). The Labute approximate surface area is 167 Å². The smallest absolute Gasteiger partial charge is 0.246 e. The Kier molecular flexibility index (Phi) is 5.07. The molecule has 2 heterocycles. The molecule has 2 aliphatic rings. The first-order valence-electron chi connectivity index (χ1n) is 9.37. The number of carbonyl (C=O) groups excluding carboxylic acids is 3. The van der Waals surface area contributed by atoms with Crippen molar-refractivity contribution in [3.05, 3.63) is 48.5 Å². The Morgan fingerprint density at radius 3 is 2.66 bits per heavy atom. The van der Waals surface area contributed by atoms with Crippen LogP contribution >= 0.6 is 0 Å². The fourth-order valence-electron chi connectivity index (χ4n) is 3.36. The van der Waals surface area contributed by atoms with E-state index in [0.29, 0.717) is 23.7 Å². The maximum absolute atomic E-state index is 12.6. The van der Waals surface area contributed by atoms with Crippen LogP contribution in [0.2, 0.25) is 0 Å². The molecular formula is C21H21N3O5. The third-order valence-electron chi connectivity index (χ3n) is 4.96. The molecule has 1 saturated heterocycles. The van der Waals surface area contributed by atoms with Crippen molar-refractivity contribution in [1.82, 2.24) is 5.32 Å². The Balaban J connectivity index is 1.33. The summed E-state index contributed by atoms with van der Waals surface area (Å²) in [6.07, 6.45) is 0.122. The second-order valence-corrected chi connectivity index (χ2v) is 7.03. The molecule has 0 bridgehead atoms. The van der Waals surface area contributed by atoms with E-state index in [-0.39, 0.29) is 30.9 Å². The lowest BCUT2D eigenvalue weighted by molar-refractivity contribution is -0.129. The molecule has 150 valence electrons. The van der Waals surface area contributed by atoms with Gasteiger partial charge < -0.3 is 25.0 Å². The Hall–Kier alpha value is -3.55. The van der Waals surface area contributed by atoms with E-state index in [2.05, 4.69) is 10.6 Å². The van der Waals surface area contributed by atoms with E-state index in [1.165, 1.54) is 0 Å². The topological polar surface area (TPSA) is 97.0 Å². The van der Waals surface area contributed by atoms with Crippen LogP contribution in [-0.2, 0) is 14.4 Å². The van der Waals surface area contributed by atoms with Crippen molar-refractivity contribution in [1.29, 1.82) is 0 Å². The van der Waals surface area contributed by atoms with E-state index in [9.17, 15) is 14.4 Å². The second-order valence-electron chi connectivity index (χ2n) is 7.03. The van der Waals surface area contributed by atoms with Crippen molar-refractivity contribution < 1.29 is 23.9 Å². The van der Waals surface area contributed by atoms with Crippen molar-refractivity contribution in [2.24, 2.45) is 5.92 Å². The molecule has 1 fully saturated rings. The molecule has 3 amide bonds. The predicted molar refractivity (Wildman–Crippen MR) is 106 cm³/mol. The van der Waals surface area contributed by atoms with Gasteiger partial charge >= 0.3 is 0 Å². The first-order valence-corrected chi connectivity index (χ1v) is 9.37. The number of hydrogen-bond acceptors (Lipinski definition) is 5. The molecular weight excluding hydrogens is 374 g/mol. The van der Waals surface area contributed by atoms with Crippen LogP contribution in [0, 0.1) is 5.92 Å². The fourth-order valence-corrected chi connectivity index (χ4v) is 3.36.